The van der Waals surface area contributed by atoms with Gasteiger partial charge in [0, 0.05) is 31.7 Å². The van der Waals surface area contributed by atoms with Crippen LogP contribution in [0.25, 0.3) is 0 Å². The van der Waals surface area contributed by atoms with E-state index in [0.29, 0.717) is 0 Å². The van der Waals surface area contributed by atoms with Crippen molar-refractivity contribution in [3.63, 3.8) is 0 Å². The number of piperidine rings is 1. The SMILES string of the molecule is CCCC1CN(CC2CCN(C)CC2)C(C)CN1. The van der Waals surface area contributed by atoms with Crippen molar-refractivity contribution in [2.24, 2.45) is 5.92 Å². The maximum absolute atomic E-state index is 3.69. The van der Waals surface area contributed by atoms with Gasteiger partial charge in [0.25, 0.3) is 0 Å². The average molecular weight is 253 g/mol. The van der Waals surface area contributed by atoms with Gasteiger partial charge in [-0.15, -0.1) is 0 Å². The van der Waals surface area contributed by atoms with Crippen molar-refractivity contribution in [2.75, 3.05) is 39.8 Å². The molecule has 2 fully saturated rings. The summed E-state index contributed by atoms with van der Waals surface area (Å²) in [5, 5.41) is 3.69. The topological polar surface area (TPSA) is 18.5 Å². The van der Waals surface area contributed by atoms with Crippen LogP contribution >= 0.6 is 0 Å². The highest BCUT2D eigenvalue weighted by Crippen LogP contribution is 2.20. The zero-order valence-electron chi connectivity index (χ0n) is 12.5. The largest absolute Gasteiger partial charge is 0.311 e. The van der Waals surface area contributed by atoms with Crippen LogP contribution in [0.15, 0.2) is 0 Å². The van der Waals surface area contributed by atoms with Crippen LogP contribution in [0, 0.1) is 5.92 Å². The number of likely N-dealkylation sites (tertiary alicyclic amines) is 1. The third-order valence-corrected chi connectivity index (χ3v) is 4.75. The van der Waals surface area contributed by atoms with Crippen molar-refractivity contribution in [1.29, 1.82) is 0 Å². The summed E-state index contributed by atoms with van der Waals surface area (Å²) < 4.78 is 0. The molecule has 0 radical (unpaired) electrons. The first-order valence-electron chi connectivity index (χ1n) is 7.85. The standard InChI is InChI=1S/C15H31N3/c1-4-5-15-12-18(13(2)10-16-15)11-14-6-8-17(3)9-7-14/h13-16H,4-12H2,1-3H3. The van der Waals surface area contributed by atoms with Crippen molar-refractivity contribution >= 4 is 0 Å². The van der Waals surface area contributed by atoms with E-state index in [1.54, 1.807) is 0 Å². The molecular weight excluding hydrogens is 222 g/mol. The molecule has 0 bridgehead atoms. The van der Waals surface area contributed by atoms with Gasteiger partial charge in [-0.1, -0.05) is 13.3 Å². The number of piperazine rings is 1. The second kappa shape index (κ2) is 6.88. The smallest absolute Gasteiger partial charge is 0.0195 e. The highest BCUT2D eigenvalue weighted by Gasteiger charge is 2.27. The Kier molecular flexibility index (Phi) is 5.46. The highest BCUT2D eigenvalue weighted by molar-refractivity contribution is 4.85. The van der Waals surface area contributed by atoms with Crippen LogP contribution in [0.5, 0.6) is 0 Å². The maximum Gasteiger partial charge on any atom is 0.0195 e. The number of nitrogens with one attached hydrogen (secondary N) is 1. The molecule has 2 aliphatic heterocycles. The Hall–Kier alpha value is -0.120. The number of rotatable bonds is 4. The average Bonchev–Trinajstić information content (AvgIpc) is 2.36. The minimum absolute atomic E-state index is 0.720. The van der Waals surface area contributed by atoms with Crippen LogP contribution in [-0.4, -0.2) is 61.7 Å². The molecule has 1 N–H and O–H groups in total. The van der Waals surface area contributed by atoms with Crippen LogP contribution in [0.2, 0.25) is 0 Å². The summed E-state index contributed by atoms with van der Waals surface area (Å²) in [5.74, 6) is 0.934. The van der Waals surface area contributed by atoms with Crippen LogP contribution in [-0.2, 0) is 0 Å². The quantitative estimate of drug-likeness (QED) is 0.824. The van der Waals surface area contributed by atoms with Crippen LogP contribution in [0.3, 0.4) is 0 Å². The molecule has 0 saturated carbocycles. The maximum atomic E-state index is 3.69. The molecule has 0 aromatic carbocycles. The van der Waals surface area contributed by atoms with Gasteiger partial charge < -0.3 is 10.2 Å². The van der Waals surface area contributed by atoms with Gasteiger partial charge in [-0.25, -0.2) is 0 Å². The van der Waals surface area contributed by atoms with Crippen LogP contribution in [0.1, 0.15) is 39.5 Å². The van der Waals surface area contributed by atoms with E-state index in [2.05, 4.69) is 36.0 Å². The predicted molar refractivity (Wildman–Crippen MR) is 78.0 cm³/mol. The van der Waals surface area contributed by atoms with E-state index in [9.17, 15) is 0 Å². The van der Waals surface area contributed by atoms with Gasteiger partial charge in [-0.3, -0.25) is 4.90 Å². The highest BCUT2D eigenvalue weighted by atomic mass is 15.2. The number of nitrogens with zero attached hydrogens (tertiary/aromatic N) is 2. The molecule has 0 spiro atoms. The molecule has 0 aromatic rings. The monoisotopic (exact) mass is 253 g/mol. The van der Waals surface area contributed by atoms with Crippen molar-refractivity contribution in [3.05, 3.63) is 0 Å². The van der Waals surface area contributed by atoms with E-state index in [1.165, 1.54) is 58.4 Å². The molecular formula is C15H31N3. The summed E-state index contributed by atoms with van der Waals surface area (Å²) in [4.78, 5) is 5.21. The van der Waals surface area contributed by atoms with E-state index in [4.69, 9.17) is 0 Å². The van der Waals surface area contributed by atoms with Crippen LogP contribution < -0.4 is 5.32 Å². The van der Waals surface area contributed by atoms with E-state index in [0.717, 1.165) is 18.0 Å². The minimum Gasteiger partial charge on any atom is -0.311 e. The van der Waals surface area contributed by atoms with Gasteiger partial charge in [0.1, 0.15) is 0 Å². The lowest BCUT2D eigenvalue weighted by molar-refractivity contribution is 0.0945. The molecule has 0 aliphatic carbocycles. The molecule has 3 heteroatoms. The second-order valence-corrected chi connectivity index (χ2v) is 6.44. The first kappa shape index (κ1) is 14.3. The molecule has 0 aromatic heterocycles. The van der Waals surface area contributed by atoms with Gasteiger partial charge >= 0.3 is 0 Å². The van der Waals surface area contributed by atoms with Crippen molar-refractivity contribution in [2.45, 2.75) is 51.6 Å². The number of hydrogen-bond acceptors (Lipinski definition) is 3. The van der Waals surface area contributed by atoms with E-state index in [1.807, 2.05) is 0 Å². The molecule has 18 heavy (non-hydrogen) atoms. The Balaban J connectivity index is 1.79. The second-order valence-electron chi connectivity index (χ2n) is 6.44. The van der Waals surface area contributed by atoms with Gasteiger partial charge in [-0.2, -0.15) is 0 Å². The Bertz CT molecular complexity index is 236. The fourth-order valence-corrected chi connectivity index (χ4v) is 3.37. The minimum atomic E-state index is 0.720. The van der Waals surface area contributed by atoms with Crippen molar-refractivity contribution in [1.82, 2.24) is 15.1 Å². The zero-order valence-corrected chi connectivity index (χ0v) is 12.5. The molecule has 2 saturated heterocycles. The molecule has 2 heterocycles. The Labute approximate surface area is 113 Å². The first-order chi connectivity index (χ1) is 8.69. The lowest BCUT2D eigenvalue weighted by atomic mass is 9.95. The summed E-state index contributed by atoms with van der Waals surface area (Å²) in [6, 6.07) is 1.45. The molecule has 3 nitrogen and oxygen atoms in total. The molecule has 0 amide bonds. The fraction of sp³-hybridized carbons (Fsp3) is 1.00. The van der Waals surface area contributed by atoms with Crippen molar-refractivity contribution < 1.29 is 0 Å². The van der Waals surface area contributed by atoms with Crippen molar-refractivity contribution in [3.8, 4) is 0 Å². The summed E-state index contributed by atoms with van der Waals surface area (Å²) in [7, 11) is 2.25. The lowest BCUT2D eigenvalue weighted by Crippen LogP contribution is -2.56. The van der Waals surface area contributed by atoms with E-state index < -0.39 is 0 Å². The normalized spacial score (nSPS) is 32.8. The zero-order chi connectivity index (χ0) is 13.0. The molecule has 2 aliphatic rings. The third-order valence-electron chi connectivity index (χ3n) is 4.75. The number of hydrogen-bond donors (Lipinski definition) is 1. The summed E-state index contributed by atoms with van der Waals surface area (Å²) in [6.45, 7) is 11.0. The van der Waals surface area contributed by atoms with Gasteiger partial charge in [0.15, 0.2) is 0 Å². The first-order valence-corrected chi connectivity index (χ1v) is 7.85. The summed E-state index contributed by atoms with van der Waals surface area (Å²) in [5.41, 5.74) is 0. The third kappa shape index (κ3) is 3.94. The van der Waals surface area contributed by atoms with Gasteiger partial charge in [-0.05, 0) is 52.2 Å². The molecule has 106 valence electrons. The Morgan fingerprint density at radius 2 is 1.94 bits per heavy atom. The Morgan fingerprint density at radius 3 is 2.61 bits per heavy atom. The summed E-state index contributed by atoms with van der Waals surface area (Å²) in [6.07, 6.45) is 5.42. The molecule has 2 atom stereocenters. The molecule has 2 rings (SSSR count). The van der Waals surface area contributed by atoms with Crippen LogP contribution in [0.4, 0.5) is 0 Å². The van der Waals surface area contributed by atoms with E-state index in [-0.39, 0.29) is 0 Å². The summed E-state index contributed by atoms with van der Waals surface area (Å²) >= 11 is 0. The van der Waals surface area contributed by atoms with Gasteiger partial charge in [0.05, 0.1) is 0 Å². The van der Waals surface area contributed by atoms with E-state index >= 15 is 0 Å². The predicted octanol–water partition coefficient (Wildman–Crippen LogP) is 1.79. The Morgan fingerprint density at radius 1 is 1.22 bits per heavy atom. The van der Waals surface area contributed by atoms with Gasteiger partial charge in [0.2, 0.25) is 0 Å². The molecule has 2 unspecified atom stereocenters. The fourth-order valence-electron chi connectivity index (χ4n) is 3.37. The lowest BCUT2D eigenvalue weighted by Gasteiger charge is -2.41.